The zero-order chi connectivity index (χ0) is 12.4. The first-order valence-electron chi connectivity index (χ1n) is 4.76. The van der Waals surface area contributed by atoms with Gasteiger partial charge in [0.15, 0.2) is 0 Å². The molecular formula is C12H8ClNO3. The van der Waals surface area contributed by atoms with Crippen molar-refractivity contribution in [1.29, 1.82) is 0 Å². The number of halogens is 1. The number of nitrogens with zero attached hydrogens (tertiary/aromatic N) is 1. The van der Waals surface area contributed by atoms with Crippen molar-refractivity contribution in [2.45, 2.75) is 0 Å². The molecule has 0 saturated heterocycles. The normalized spacial score (nSPS) is 10.2. The van der Waals surface area contributed by atoms with Gasteiger partial charge in [-0.2, -0.15) is 0 Å². The SMILES string of the molecule is O=C(O)c1ccc(-c2cc(O)ccc2Cl)cn1. The Kier molecular flexibility index (Phi) is 2.97. The molecule has 0 aliphatic carbocycles. The van der Waals surface area contributed by atoms with E-state index in [0.717, 1.165) is 0 Å². The molecule has 0 aliphatic heterocycles. The molecule has 1 heterocycles. The minimum absolute atomic E-state index is 0.0370. The van der Waals surface area contributed by atoms with Crippen LogP contribution in [-0.4, -0.2) is 21.2 Å². The van der Waals surface area contributed by atoms with E-state index in [-0.39, 0.29) is 11.4 Å². The zero-order valence-corrected chi connectivity index (χ0v) is 9.35. The number of carbonyl (C=O) groups is 1. The number of hydrogen-bond donors (Lipinski definition) is 2. The molecule has 17 heavy (non-hydrogen) atoms. The van der Waals surface area contributed by atoms with Gasteiger partial charge in [-0.15, -0.1) is 0 Å². The van der Waals surface area contributed by atoms with Crippen molar-refractivity contribution >= 4 is 17.6 Å². The third-order valence-corrected chi connectivity index (χ3v) is 2.57. The van der Waals surface area contributed by atoms with E-state index in [0.29, 0.717) is 16.1 Å². The van der Waals surface area contributed by atoms with Crippen LogP contribution < -0.4 is 0 Å². The molecule has 0 saturated carbocycles. The van der Waals surface area contributed by atoms with Crippen LogP contribution in [0.1, 0.15) is 10.5 Å². The third kappa shape index (κ3) is 2.37. The highest BCUT2D eigenvalue weighted by atomic mass is 35.5. The first-order valence-corrected chi connectivity index (χ1v) is 5.14. The fourth-order valence-electron chi connectivity index (χ4n) is 1.41. The van der Waals surface area contributed by atoms with Gasteiger partial charge in [0.1, 0.15) is 11.4 Å². The molecule has 2 N–H and O–H groups in total. The Morgan fingerprint density at radius 2 is 2.00 bits per heavy atom. The Hall–Kier alpha value is -2.07. The summed E-state index contributed by atoms with van der Waals surface area (Å²) in [6.07, 6.45) is 1.41. The van der Waals surface area contributed by atoms with Gasteiger partial charge in [-0.3, -0.25) is 0 Å². The zero-order valence-electron chi connectivity index (χ0n) is 8.59. The lowest BCUT2D eigenvalue weighted by atomic mass is 10.1. The maximum Gasteiger partial charge on any atom is 0.354 e. The van der Waals surface area contributed by atoms with E-state index in [1.807, 2.05) is 0 Å². The first kappa shape index (κ1) is 11.4. The summed E-state index contributed by atoms with van der Waals surface area (Å²) < 4.78 is 0. The van der Waals surface area contributed by atoms with Crippen molar-refractivity contribution < 1.29 is 15.0 Å². The second-order valence-corrected chi connectivity index (χ2v) is 3.81. The van der Waals surface area contributed by atoms with Crippen LogP contribution in [0.4, 0.5) is 0 Å². The number of phenols is 1. The van der Waals surface area contributed by atoms with Crippen LogP contribution in [0.2, 0.25) is 5.02 Å². The smallest absolute Gasteiger partial charge is 0.354 e. The van der Waals surface area contributed by atoms with E-state index in [4.69, 9.17) is 16.7 Å². The topological polar surface area (TPSA) is 70.4 Å². The van der Waals surface area contributed by atoms with Crippen LogP contribution in [0, 0.1) is 0 Å². The highest BCUT2D eigenvalue weighted by Gasteiger charge is 2.08. The fourth-order valence-corrected chi connectivity index (χ4v) is 1.64. The Bertz CT molecular complexity index is 566. The van der Waals surface area contributed by atoms with Gasteiger partial charge < -0.3 is 10.2 Å². The number of phenolic OH excluding ortho intramolecular Hbond substituents is 1. The van der Waals surface area contributed by atoms with Gasteiger partial charge in [-0.25, -0.2) is 9.78 Å². The Morgan fingerprint density at radius 1 is 1.24 bits per heavy atom. The van der Waals surface area contributed by atoms with E-state index in [9.17, 15) is 9.90 Å². The van der Waals surface area contributed by atoms with Crippen molar-refractivity contribution in [2.75, 3.05) is 0 Å². The first-order chi connectivity index (χ1) is 8.08. The third-order valence-electron chi connectivity index (χ3n) is 2.24. The van der Waals surface area contributed by atoms with Gasteiger partial charge in [-0.1, -0.05) is 17.7 Å². The average Bonchev–Trinajstić information content (AvgIpc) is 2.32. The highest BCUT2D eigenvalue weighted by molar-refractivity contribution is 6.33. The number of benzene rings is 1. The molecule has 2 aromatic rings. The van der Waals surface area contributed by atoms with Gasteiger partial charge in [0.2, 0.25) is 0 Å². The van der Waals surface area contributed by atoms with Crippen LogP contribution in [0.25, 0.3) is 11.1 Å². The number of rotatable bonds is 2. The lowest BCUT2D eigenvalue weighted by molar-refractivity contribution is 0.0690. The monoisotopic (exact) mass is 249 g/mol. The number of aromatic nitrogens is 1. The van der Waals surface area contributed by atoms with Crippen LogP contribution >= 0.6 is 11.6 Å². The highest BCUT2D eigenvalue weighted by Crippen LogP contribution is 2.30. The molecule has 5 heteroatoms. The second-order valence-electron chi connectivity index (χ2n) is 3.40. The molecular weight excluding hydrogens is 242 g/mol. The molecule has 0 radical (unpaired) electrons. The summed E-state index contributed by atoms with van der Waals surface area (Å²) in [5, 5.41) is 18.6. The minimum Gasteiger partial charge on any atom is -0.508 e. The summed E-state index contributed by atoms with van der Waals surface area (Å²) in [7, 11) is 0. The second kappa shape index (κ2) is 4.43. The van der Waals surface area contributed by atoms with Crippen LogP contribution in [0.15, 0.2) is 36.5 Å². The Labute approximate surface area is 102 Å². The average molecular weight is 250 g/mol. The molecule has 0 bridgehead atoms. The summed E-state index contributed by atoms with van der Waals surface area (Å²) in [5.41, 5.74) is 1.22. The Balaban J connectivity index is 2.46. The summed E-state index contributed by atoms with van der Waals surface area (Å²) in [6.45, 7) is 0. The minimum atomic E-state index is -1.08. The number of carboxylic acid groups (broad SMARTS) is 1. The lowest BCUT2D eigenvalue weighted by Crippen LogP contribution is -1.99. The number of pyridine rings is 1. The van der Waals surface area contributed by atoms with E-state index < -0.39 is 5.97 Å². The summed E-state index contributed by atoms with van der Waals surface area (Å²) in [6, 6.07) is 7.52. The predicted octanol–water partition coefficient (Wildman–Crippen LogP) is 2.81. The van der Waals surface area contributed by atoms with Gasteiger partial charge in [0, 0.05) is 22.3 Å². The van der Waals surface area contributed by atoms with Gasteiger partial charge in [0.25, 0.3) is 0 Å². The molecule has 0 amide bonds. The van der Waals surface area contributed by atoms with Crippen LogP contribution in [0.3, 0.4) is 0 Å². The van der Waals surface area contributed by atoms with E-state index in [1.165, 1.54) is 24.4 Å². The van der Waals surface area contributed by atoms with Crippen molar-refractivity contribution in [1.82, 2.24) is 4.98 Å². The number of aromatic hydroxyl groups is 1. The summed E-state index contributed by atoms with van der Waals surface area (Å²) in [4.78, 5) is 14.4. The van der Waals surface area contributed by atoms with Gasteiger partial charge >= 0.3 is 5.97 Å². The molecule has 1 aromatic carbocycles. The van der Waals surface area contributed by atoms with Crippen molar-refractivity contribution in [2.24, 2.45) is 0 Å². The van der Waals surface area contributed by atoms with Crippen molar-refractivity contribution in [3.63, 3.8) is 0 Å². The molecule has 1 aromatic heterocycles. The van der Waals surface area contributed by atoms with Crippen LogP contribution in [-0.2, 0) is 0 Å². The van der Waals surface area contributed by atoms with Crippen molar-refractivity contribution in [3.05, 3.63) is 47.2 Å². The number of aromatic carboxylic acids is 1. The largest absolute Gasteiger partial charge is 0.508 e. The number of hydrogen-bond acceptors (Lipinski definition) is 3. The van der Waals surface area contributed by atoms with Gasteiger partial charge in [0.05, 0.1) is 0 Å². The van der Waals surface area contributed by atoms with Crippen LogP contribution in [0.5, 0.6) is 5.75 Å². The molecule has 0 fully saturated rings. The predicted molar refractivity (Wildman–Crippen MR) is 63.3 cm³/mol. The molecule has 0 unspecified atom stereocenters. The fraction of sp³-hybridized carbons (Fsp3) is 0. The molecule has 2 rings (SSSR count). The maximum atomic E-state index is 10.6. The molecule has 0 spiro atoms. The quantitative estimate of drug-likeness (QED) is 0.859. The summed E-state index contributed by atoms with van der Waals surface area (Å²) >= 11 is 5.98. The maximum absolute atomic E-state index is 10.6. The standard InChI is InChI=1S/C12H8ClNO3/c13-10-3-2-8(15)5-9(10)7-1-4-11(12(16)17)14-6-7/h1-6,15H,(H,16,17). The van der Waals surface area contributed by atoms with Gasteiger partial charge in [-0.05, 0) is 24.3 Å². The number of carboxylic acids is 1. The lowest BCUT2D eigenvalue weighted by Gasteiger charge is -2.05. The Morgan fingerprint density at radius 3 is 2.59 bits per heavy atom. The van der Waals surface area contributed by atoms with E-state index >= 15 is 0 Å². The molecule has 0 atom stereocenters. The molecule has 4 nitrogen and oxygen atoms in total. The summed E-state index contributed by atoms with van der Waals surface area (Å²) in [5.74, 6) is -0.995. The van der Waals surface area contributed by atoms with E-state index in [1.54, 1.807) is 12.1 Å². The van der Waals surface area contributed by atoms with E-state index in [2.05, 4.69) is 4.98 Å². The molecule has 86 valence electrons. The molecule has 0 aliphatic rings. The van der Waals surface area contributed by atoms with Crippen molar-refractivity contribution in [3.8, 4) is 16.9 Å².